The summed E-state index contributed by atoms with van der Waals surface area (Å²) in [6.45, 7) is 0. The van der Waals surface area contributed by atoms with Gasteiger partial charge in [-0.05, 0) is 12.1 Å². The van der Waals surface area contributed by atoms with Crippen LogP contribution in [0.3, 0.4) is 0 Å². The monoisotopic (exact) mass is 231 g/mol. The summed E-state index contributed by atoms with van der Waals surface area (Å²) in [7, 11) is 0. The number of aromatic amines is 1. The van der Waals surface area contributed by atoms with Crippen LogP contribution in [0.5, 0.6) is 0 Å². The van der Waals surface area contributed by atoms with Crippen molar-refractivity contribution in [3.05, 3.63) is 34.2 Å². The molecule has 12 heavy (non-hydrogen) atoms. The van der Waals surface area contributed by atoms with Gasteiger partial charge in [0.25, 0.3) is 5.56 Å². The van der Waals surface area contributed by atoms with Gasteiger partial charge >= 0.3 is 5.97 Å². The maximum atomic E-state index is 10.6. The number of aromatic nitrogens is 1. The Kier molecular flexibility index (Phi) is 6.70. The number of halogens is 1. The third-order valence-electron chi connectivity index (χ3n) is 1.05. The minimum absolute atomic E-state index is 0. The molecule has 0 fully saturated rings. The van der Waals surface area contributed by atoms with E-state index in [1.54, 1.807) is 0 Å². The first-order valence-corrected chi connectivity index (χ1v) is 2.63. The Morgan fingerprint density at radius 2 is 2.08 bits per heavy atom. The molecule has 1 aromatic heterocycles. The van der Waals surface area contributed by atoms with Gasteiger partial charge in [0.15, 0.2) is 0 Å². The largest absolute Gasteiger partial charge is 0.477 e. The molecule has 0 aromatic carbocycles. The molecule has 6 heteroatoms. The van der Waals surface area contributed by atoms with Crippen molar-refractivity contribution >= 4 is 18.4 Å². The Morgan fingerprint density at radius 3 is 2.42 bits per heavy atom. The number of H-pyrrole nitrogens is 1. The van der Waals surface area contributed by atoms with Crippen LogP contribution in [0.2, 0.25) is 0 Å². The normalized spacial score (nSPS) is 7.67. The van der Waals surface area contributed by atoms with Crippen LogP contribution in [0, 0.1) is 0 Å². The number of carboxylic acids is 1. The second kappa shape index (κ2) is 5.83. The quantitative estimate of drug-likeness (QED) is 0.691. The van der Waals surface area contributed by atoms with Gasteiger partial charge in [-0.1, -0.05) is 0 Å². The van der Waals surface area contributed by atoms with Crippen LogP contribution >= 0.6 is 12.4 Å². The average Bonchev–Trinajstić information content (AvgIpc) is 1.88. The summed E-state index contributed by atoms with van der Waals surface area (Å²) in [5, 5.41) is 8.35. The summed E-state index contributed by atoms with van der Waals surface area (Å²) in [6.07, 6.45) is 1.38. The molecule has 2 N–H and O–H groups in total. The first kappa shape index (κ1) is 13.8. The second-order valence-corrected chi connectivity index (χ2v) is 1.72. The van der Waals surface area contributed by atoms with Crippen molar-refractivity contribution in [2.24, 2.45) is 0 Å². The number of carbonyl (C=O) groups is 1. The van der Waals surface area contributed by atoms with E-state index in [-0.39, 0.29) is 35.0 Å². The zero-order valence-corrected chi connectivity index (χ0v) is 7.68. The first-order chi connectivity index (χ1) is 4.72. The summed E-state index contributed by atoms with van der Waals surface area (Å²) in [6, 6.07) is 2.71. The van der Waals surface area contributed by atoms with E-state index in [1.165, 1.54) is 18.3 Å². The molecule has 1 rings (SSSR count). The number of nitrogens with one attached hydrogen (secondary N) is 1. The predicted molar refractivity (Wildman–Crippen MR) is 41.3 cm³/mol. The Labute approximate surface area is 84.9 Å². The van der Waals surface area contributed by atoms with Crippen molar-refractivity contribution in [2.75, 3.05) is 0 Å². The van der Waals surface area contributed by atoms with Crippen LogP contribution in [0.25, 0.3) is 0 Å². The van der Waals surface area contributed by atoms with E-state index in [1.807, 2.05) is 0 Å². The van der Waals surface area contributed by atoms with E-state index in [4.69, 9.17) is 5.11 Å². The van der Waals surface area contributed by atoms with Gasteiger partial charge < -0.3 is 10.1 Å². The van der Waals surface area contributed by atoms with Gasteiger partial charge in [-0.3, -0.25) is 4.79 Å². The molecular formula is C6H6ClFeNO3. The molecule has 0 saturated heterocycles. The molecule has 0 amide bonds. The predicted octanol–water partition coefficient (Wildman–Crippen LogP) is 0.492. The molecule has 0 radical (unpaired) electrons. The molecule has 0 spiro atoms. The van der Waals surface area contributed by atoms with Gasteiger partial charge in [-0.15, -0.1) is 12.4 Å². The maximum Gasteiger partial charge on any atom is 0.341 e. The molecule has 0 aliphatic rings. The van der Waals surface area contributed by atoms with E-state index in [2.05, 4.69) is 4.98 Å². The number of aromatic carboxylic acids is 1. The number of pyridine rings is 1. The van der Waals surface area contributed by atoms with Crippen LogP contribution in [-0.2, 0) is 17.1 Å². The molecule has 0 bridgehead atoms. The third kappa shape index (κ3) is 3.09. The fourth-order valence-electron chi connectivity index (χ4n) is 0.590. The van der Waals surface area contributed by atoms with Crippen LogP contribution in [0.4, 0.5) is 0 Å². The van der Waals surface area contributed by atoms with Crippen molar-refractivity contribution in [1.29, 1.82) is 0 Å². The van der Waals surface area contributed by atoms with Gasteiger partial charge in [-0.2, -0.15) is 0 Å². The molecule has 68 valence electrons. The average molecular weight is 231 g/mol. The molecule has 0 saturated carbocycles. The summed E-state index contributed by atoms with van der Waals surface area (Å²) < 4.78 is 0. The second-order valence-electron chi connectivity index (χ2n) is 1.72. The SMILES string of the molecule is Cl.O=C(O)c1ccc[nH]c1=O.[Fe]. The molecule has 0 aliphatic carbocycles. The fourth-order valence-corrected chi connectivity index (χ4v) is 0.590. The minimum Gasteiger partial charge on any atom is -0.477 e. The zero-order valence-electron chi connectivity index (χ0n) is 5.76. The molecule has 1 heterocycles. The topological polar surface area (TPSA) is 70.2 Å². The fraction of sp³-hybridized carbons (Fsp3) is 0. The number of hydrogen-bond donors (Lipinski definition) is 2. The standard InChI is InChI=1S/C6H5NO3.ClH.Fe/c8-5-4(6(9)10)2-1-3-7-5;;/h1-3H,(H,7,8)(H,9,10);1H;. The number of hydrogen-bond acceptors (Lipinski definition) is 2. The van der Waals surface area contributed by atoms with Gasteiger partial charge in [0.1, 0.15) is 5.56 Å². The summed E-state index contributed by atoms with van der Waals surface area (Å²) in [5.74, 6) is -1.21. The van der Waals surface area contributed by atoms with E-state index in [0.29, 0.717) is 0 Å². The Hall–Kier alpha value is -0.771. The van der Waals surface area contributed by atoms with Crippen molar-refractivity contribution in [3.63, 3.8) is 0 Å². The minimum atomic E-state index is -1.21. The van der Waals surface area contributed by atoms with Crippen molar-refractivity contribution < 1.29 is 27.0 Å². The van der Waals surface area contributed by atoms with Crippen LogP contribution in [0.1, 0.15) is 10.4 Å². The maximum absolute atomic E-state index is 10.6. The molecule has 0 unspecified atom stereocenters. The Bertz CT molecular complexity index is 312. The molecule has 0 atom stereocenters. The van der Waals surface area contributed by atoms with E-state index >= 15 is 0 Å². The van der Waals surface area contributed by atoms with Crippen LogP contribution in [0.15, 0.2) is 23.1 Å². The van der Waals surface area contributed by atoms with Crippen molar-refractivity contribution in [2.45, 2.75) is 0 Å². The molecule has 4 nitrogen and oxygen atoms in total. The molecule has 1 aromatic rings. The molecular weight excluding hydrogens is 225 g/mol. The van der Waals surface area contributed by atoms with Gasteiger partial charge in [-0.25, -0.2) is 4.79 Å². The van der Waals surface area contributed by atoms with Gasteiger partial charge in [0.2, 0.25) is 0 Å². The van der Waals surface area contributed by atoms with E-state index in [0.717, 1.165) is 0 Å². The summed E-state index contributed by atoms with van der Waals surface area (Å²) >= 11 is 0. The third-order valence-corrected chi connectivity index (χ3v) is 1.05. The number of carboxylic acid groups (broad SMARTS) is 1. The summed E-state index contributed by atoms with van der Waals surface area (Å²) in [4.78, 5) is 23.1. The Balaban J connectivity index is 0. The van der Waals surface area contributed by atoms with Gasteiger partial charge in [0.05, 0.1) is 0 Å². The van der Waals surface area contributed by atoms with Gasteiger partial charge in [0, 0.05) is 23.3 Å². The van der Waals surface area contributed by atoms with E-state index < -0.39 is 11.5 Å². The van der Waals surface area contributed by atoms with Crippen LogP contribution in [-0.4, -0.2) is 16.1 Å². The van der Waals surface area contributed by atoms with Crippen molar-refractivity contribution in [3.8, 4) is 0 Å². The smallest absolute Gasteiger partial charge is 0.341 e. The first-order valence-electron chi connectivity index (χ1n) is 2.63. The molecule has 0 aliphatic heterocycles. The van der Waals surface area contributed by atoms with Crippen LogP contribution < -0.4 is 5.56 Å². The number of rotatable bonds is 1. The Morgan fingerprint density at radius 1 is 1.50 bits per heavy atom. The van der Waals surface area contributed by atoms with Crippen molar-refractivity contribution in [1.82, 2.24) is 4.98 Å². The zero-order chi connectivity index (χ0) is 7.56. The van der Waals surface area contributed by atoms with E-state index in [9.17, 15) is 9.59 Å². The summed E-state index contributed by atoms with van der Waals surface area (Å²) in [5.41, 5.74) is -0.808.